The number of carbonyl (C=O) groups is 1. The fourth-order valence-corrected chi connectivity index (χ4v) is 2.93. The van der Waals surface area contributed by atoms with Gasteiger partial charge in [0.15, 0.2) is 11.5 Å². The van der Waals surface area contributed by atoms with Crippen LogP contribution in [0.4, 0.5) is 22.7 Å². The summed E-state index contributed by atoms with van der Waals surface area (Å²) in [6.45, 7) is 0.626. The SMILES string of the molecule is O=C(Nc1ccc(Nc2ccccc2)cc1)c1cc2c(cc1[N+](=O)[O-])OCCO2. The Kier molecular flexibility index (Phi) is 4.98. The van der Waals surface area contributed by atoms with E-state index in [2.05, 4.69) is 10.6 Å². The van der Waals surface area contributed by atoms with Crippen LogP contribution in [-0.2, 0) is 0 Å². The molecule has 0 aromatic heterocycles. The van der Waals surface area contributed by atoms with E-state index in [9.17, 15) is 14.9 Å². The maximum atomic E-state index is 12.7. The number of amides is 1. The highest BCUT2D eigenvalue weighted by Gasteiger charge is 2.26. The number of hydrogen-bond donors (Lipinski definition) is 2. The molecule has 8 nitrogen and oxygen atoms in total. The molecule has 1 aliphatic heterocycles. The molecule has 0 unspecified atom stereocenters. The summed E-state index contributed by atoms with van der Waals surface area (Å²) in [5.41, 5.74) is 1.87. The van der Waals surface area contributed by atoms with Gasteiger partial charge in [0.2, 0.25) is 0 Å². The van der Waals surface area contributed by atoms with E-state index in [-0.39, 0.29) is 17.0 Å². The number of carbonyl (C=O) groups excluding carboxylic acids is 1. The highest BCUT2D eigenvalue weighted by Crippen LogP contribution is 2.37. The van der Waals surface area contributed by atoms with Gasteiger partial charge in [-0.2, -0.15) is 0 Å². The molecule has 1 heterocycles. The summed E-state index contributed by atoms with van der Waals surface area (Å²) in [6, 6.07) is 19.3. The van der Waals surface area contributed by atoms with Crippen molar-refractivity contribution >= 4 is 28.7 Å². The molecule has 2 N–H and O–H groups in total. The van der Waals surface area contributed by atoms with Crippen LogP contribution in [0, 0.1) is 10.1 Å². The van der Waals surface area contributed by atoms with Gasteiger partial charge in [-0.25, -0.2) is 0 Å². The van der Waals surface area contributed by atoms with Crippen molar-refractivity contribution in [3.63, 3.8) is 0 Å². The van der Waals surface area contributed by atoms with Crippen molar-refractivity contribution in [3.05, 3.63) is 82.4 Å². The molecule has 0 bridgehead atoms. The van der Waals surface area contributed by atoms with Crippen LogP contribution in [0.1, 0.15) is 10.4 Å². The maximum absolute atomic E-state index is 12.7. The number of fused-ring (bicyclic) bond motifs is 1. The number of nitrogens with zero attached hydrogens (tertiary/aromatic N) is 1. The minimum absolute atomic E-state index is 0.0919. The zero-order chi connectivity index (χ0) is 20.2. The van der Waals surface area contributed by atoms with Crippen molar-refractivity contribution in [2.75, 3.05) is 23.8 Å². The van der Waals surface area contributed by atoms with Gasteiger partial charge in [-0.3, -0.25) is 14.9 Å². The van der Waals surface area contributed by atoms with E-state index < -0.39 is 10.8 Å². The molecule has 1 amide bonds. The number of hydrogen-bond acceptors (Lipinski definition) is 6. The molecule has 4 rings (SSSR count). The van der Waals surface area contributed by atoms with Crippen molar-refractivity contribution in [1.82, 2.24) is 0 Å². The number of nitrogens with one attached hydrogen (secondary N) is 2. The molecule has 3 aromatic carbocycles. The van der Waals surface area contributed by atoms with E-state index in [0.29, 0.717) is 24.7 Å². The Morgan fingerprint density at radius 2 is 1.45 bits per heavy atom. The predicted octanol–water partition coefficient (Wildman–Crippen LogP) is 4.36. The smallest absolute Gasteiger partial charge is 0.286 e. The number of rotatable bonds is 5. The van der Waals surface area contributed by atoms with E-state index >= 15 is 0 Å². The van der Waals surface area contributed by atoms with Gasteiger partial charge >= 0.3 is 0 Å². The lowest BCUT2D eigenvalue weighted by molar-refractivity contribution is -0.385. The highest BCUT2D eigenvalue weighted by molar-refractivity contribution is 6.07. The average molecular weight is 391 g/mol. The quantitative estimate of drug-likeness (QED) is 0.495. The first-order valence-electron chi connectivity index (χ1n) is 8.92. The van der Waals surface area contributed by atoms with Crippen LogP contribution < -0.4 is 20.1 Å². The molecule has 29 heavy (non-hydrogen) atoms. The normalized spacial score (nSPS) is 12.1. The second-order valence-electron chi connectivity index (χ2n) is 6.29. The van der Waals surface area contributed by atoms with Gasteiger partial charge in [-0.15, -0.1) is 0 Å². The molecular formula is C21H17N3O5. The average Bonchev–Trinajstić information content (AvgIpc) is 2.75. The second kappa shape index (κ2) is 7.89. The lowest BCUT2D eigenvalue weighted by atomic mass is 10.1. The Hall–Kier alpha value is -4.07. The zero-order valence-electron chi connectivity index (χ0n) is 15.3. The number of nitro benzene ring substituents is 1. The number of para-hydroxylation sites is 1. The first-order valence-corrected chi connectivity index (χ1v) is 8.92. The van der Waals surface area contributed by atoms with Crippen LogP contribution in [0.15, 0.2) is 66.7 Å². The van der Waals surface area contributed by atoms with Crippen molar-refractivity contribution < 1.29 is 19.2 Å². The number of anilines is 3. The standard InChI is InChI=1S/C21H17N3O5/c25-21(17-12-19-20(29-11-10-28-19)13-18(17)24(26)27)23-16-8-6-15(7-9-16)22-14-4-2-1-3-5-14/h1-9,12-13,22H,10-11H2,(H,23,25). The lowest BCUT2D eigenvalue weighted by Gasteiger charge is -2.19. The maximum Gasteiger partial charge on any atom is 0.286 e. The molecular weight excluding hydrogens is 374 g/mol. The van der Waals surface area contributed by atoms with Crippen molar-refractivity contribution in [2.24, 2.45) is 0 Å². The van der Waals surface area contributed by atoms with Crippen LogP contribution >= 0.6 is 0 Å². The van der Waals surface area contributed by atoms with Gasteiger partial charge in [-0.05, 0) is 36.4 Å². The van der Waals surface area contributed by atoms with Gasteiger partial charge < -0.3 is 20.1 Å². The van der Waals surface area contributed by atoms with Crippen LogP contribution in [0.25, 0.3) is 0 Å². The van der Waals surface area contributed by atoms with Crippen LogP contribution in [0.5, 0.6) is 11.5 Å². The lowest BCUT2D eigenvalue weighted by Crippen LogP contribution is -2.18. The molecule has 0 spiro atoms. The fraction of sp³-hybridized carbons (Fsp3) is 0.0952. The minimum Gasteiger partial charge on any atom is -0.486 e. The summed E-state index contributed by atoms with van der Waals surface area (Å²) in [5, 5.41) is 17.3. The largest absolute Gasteiger partial charge is 0.486 e. The molecule has 146 valence electrons. The Balaban J connectivity index is 1.52. The summed E-state index contributed by atoms with van der Waals surface area (Å²) in [4.78, 5) is 23.5. The van der Waals surface area contributed by atoms with Gasteiger partial charge in [0.1, 0.15) is 18.8 Å². The molecule has 0 radical (unpaired) electrons. The first-order chi connectivity index (χ1) is 14.1. The van der Waals surface area contributed by atoms with Gasteiger partial charge in [0.05, 0.1) is 11.0 Å². The number of ether oxygens (including phenoxy) is 2. The van der Waals surface area contributed by atoms with Gasteiger partial charge in [-0.1, -0.05) is 18.2 Å². The summed E-state index contributed by atoms with van der Waals surface area (Å²) in [5.74, 6) is -0.0253. The molecule has 8 heteroatoms. The monoisotopic (exact) mass is 391 g/mol. The van der Waals surface area contributed by atoms with Crippen molar-refractivity contribution in [3.8, 4) is 11.5 Å². The van der Waals surface area contributed by atoms with Crippen molar-refractivity contribution in [2.45, 2.75) is 0 Å². The van der Waals surface area contributed by atoms with E-state index in [4.69, 9.17) is 9.47 Å². The third kappa shape index (κ3) is 4.11. The van der Waals surface area contributed by atoms with Crippen LogP contribution in [0.2, 0.25) is 0 Å². The molecule has 0 fully saturated rings. The third-order valence-electron chi connectivity index (χ3n) is 4.31. The second-order valence-corrected chi connectivity index (χ2v) is 6.29. The van der Waals surface area contributed by atoms with Gasteiger partial charge in [0.25, 0.3) is 11.6 Å². The molecule has 1 aliphatic rings. The Morgan fingerprint density at radius 1 is 0.862 bits per heavy atom. The molecule has 3 aromatic rings. The Morgan fingerprint density at radius 3 is 2.10 bits per heavy atom. The van der Waals surface area contributed by atoms with Crippen molar-refractivity contribution in [1.29, 1.82) is 0 Å². The van der Waals surface area contributed by atoms with E-state index in [0.717, 1.165) is 11.4 Å². The summed E-state index contributed by atoms with van der Waals surface area (Å²) in [7, 11) is 0. The number of benzene rings is 3. The van der Waals surface area contributed by atoms with Crippen LogP contribution in [0.3, 0.4) is 0 Å². The first kappa shape index (κ1) is 18.3. The van der Waals surface area contributed by atoms with Gasteiger partial charge in [0, 0.05) is 23.1 Å². The topological polar surface area (TPSA) is 103 Å². The number of nitro groups is 1. The summed E-state index contributed by atoms with van der Waals surface area (Å²) < 4.78 is 10.8. The highest BCUT2D eigenvalue weighted by atomic mass is 16.6. The van der Waals surface area contributed by atoms with E-state index in [1.54, 1.807) is 24.3 Å². The summed E-state index contributed by atoms with van der Waals surface area (Å²) >= 11 is 0. The van der Waals surface area contributed by atoms with Crippen LogP contribution in [-0.4, -0.2) is 24.0 Å². The predicted molar refractivity (Wildman–Crippen MR) is 108 cm³/mol. The molecule has 0 atom stereocenters. The minimum atomic E-state index is -0.611. The van der Waals surface area contributed by atoms with E-state index in [1.807, 2.05) is 30.3 Å². The molecule has 0 saturated heterocycles. The Labute approximate surface area is 166 Å². The fourth-order valence-electron chi connectivity index (χ4n) is 2.93. The molecule has 0 saturated carbocycles. The molecule has 0 aliphatic carbocycles. The van der Waals surface area contributed by atoms with E-state index in [1.165, 1.54) is 12.1 Å². The Bertz CT molecular complexity index is 1050. The zero-order valence-corrected chi connectivity index (χ0v) is 15.3. The third-order valence-corrected chi connectivity index (χ3v) is 4.31. The summed E-state index contributed by atoms with van der Waals surface area (Å²) in [6.07, 6.45) is 0.